The van der Waals surface area contributed by atoms with Gasteiger partial charge in [0, 0.05) is 6.54 Å². The molecule has 0 aromatic heterocycles. The Hall–Kier alpha value is -1.64. The summed E-state index contributed by atoms with van der Waals surface area (Å²) in [7, 11) is 4.13. The maximum atomic E-state index is 6.14. The molecule has 0 N–H and O–H groups in total. The van der Waals surface area contributed by atoms with Gasteiger partial charge in [-0.2, -0.15) is 0 Å². The maximum Gasteiger partial charge on any atom is 0.108 e. The van der Waals surface area contributed by atoms with Gasteiger partial charge in [-0.25, -0.2) is 0 Å². The van der Waals surface area contributed by atoms with Crippen molar-refractivity contribution in [3.63, 3.8) is 0 Å². The molecule has 0 saturated heterocycles. The number of likely N-dealkylation sites (N-methyl/N-ethyl adjacent to an activating group) is 1. The number of hydrogen-bond donors (Lipinski definition) is 0. The molecule has 0 aliphatic carbocycles. The van der Waals surface area contributed by atoms with Crippen LogP contribution >= 0.6 is 0 Å². The van der Waals surface area contributed by atoms with E-state index in [9.17, 15) is 0 Å². The lowest BCUT2D eigenvalue weighted by Gasteiger charge is -2.20. The highest BCUT2D eigenvalue weighted by Crippen LogP contribution is 2.26. The van der Waals surface area contributed by atoms with Gasteiger partial charge in [0.1, 0.15) is 6.10 Å². The van der Waals surface area contributed by atoms with Crippen molar-refractivity contribution in [2.24, 2.45) is 0 Å². The third-order valence-electron chi connectivity index (χ3n) is 3.27. The molecule has 2 aromatic carbocycles. The highest BCUT2D eigenvalue weighted by atomic mass is 16.5. The number of rotatable bonds is 6. The molecule has 20 heavy (non-hydrogen) atoms. The normalized spacial score (nSPS) is 12.6. The highest BCUT2D eigenvalue weighted by molar-refractivity contribution is 5.32. The van der Waals surface area contributed by atoms with Crippen molar-refractivity contribution in [2.75, 3.05) is 27.2 Å². The molecule has 0 radical (unpaired) electrons. The summed E-state index contributed by atoms with van der Waals surface area (Å²) < 4.78 is 6.14. The molecule has 0 saturated carbocycles. The number of nitrogens with zero attached hydrogens (tertiary/aromatic N) is 1. The van der Waals surface area contributed by atoms with E-state index in [4.69, 9.17) is 4.74 Å². The van der Waals surface area contributed by atoms with E-state index in [1.54, 1.807) is 0 Å². The zero-order valence-corrected chi connectivity index (χ0v) is 12.5. The fourth-order valence-corrected chi connectivity index (χ4v) is 2.20. The van der Waals surface area contributed by atoms with Crippen LogP contribution < -0.4 is 0 Å². The van der Waals surface area contributed by atoms with Gasteiger partial charge in [0.15, 0.2) is 0 Å². The van der Waals surface area contributed by atoms with E-state index in [0.29, 0.717) is 0 Å². The maximum absolute atomic E-state index is 6.14. The number of benzene rings is 2. The molecule has 0 aliphatic rings. The molecule has 2 heteroatoms. The predicted molar refractivity (Wildman–Crippen MR) is 84.0 cm³/mol. The molecule has 0 fully saturated rings. The first-order chi connectivity index (χ1) is 9.66. The second-order valence-corrected chi connectivity index (χ2v) is 5.38. The van der Waals surface area contributed by atoms with Crippen LogP contribution in [0.4, 0.5) is 0 Å². The number of hydrogen-bond acceptors (Lipinski definition) is 2. The zero-order chi connectivity index (χ0) is 14.4. The van der Waals surface area contributed by atoms with Gasteiger partial charge in [0.05, 0.1) is 6.61 Å². The molecule has 2 nitrogen and oxygen atoms in total. The Kier molecular flexibility index (Phi) is 5.33. The molecule has 2 rings (SSSR count). The fourth-order valence-electron chi connectivity index (χ4n) is 2.20. The van der Waals surface area contributed by atoms with E-state index >= 15 is 0 Å². The highest BCUT2D eigenvalue weighted by Gasteiger charge is 2.14. The van der Waals surface area contributed by atoms with E-state index < -0.39 is 0 Å². The molecule has 2 aromatic rings. The van der Waals surface area contributed by atoms with Gasteiger partial charge in [0.2, 0.25) is 0 Å². The Morgan fingerprint density at radius 2 is 1.65 bits per heavy atom. The largest absolute Gasteiger partial charge is 0.367 e. The fraction of sp³-hybridized carbons (Fsp3) is 0.333. The molecule has 106 valence electrons. The Morgan fingerprint density at radius 3 is 2.30 bits per heavy atom. The predicted octanol–water partition coefficient (Wildman–Crippen LogP) is 3.66. The summed E-state index contributed by atoms with van der Waals surface area (Å²) in [5.74, 6) is 0. The van der Waals surface area contributed by atoms with Crippen LogP contribution in [0.25, 0.3) is 0 Å². The first-order valence-corrected chi connectivity index (χ1v) is 7.04. The van der Waals surface area contributed by atoms with Crippen LogP contribution in [0.1, 0.15) is 22.8 Å². The number of aryl methyl sites for hydroxylation is 1. The van der Waals surface area contributed by atoms with Crippen molar-refractivity contribution in [3.8, 4) is 0 Å². The van der Waals surface area contributed by atoms with Gasteiger partial charge in [-0.1, -0.05) is 60.2 Å². The Morgan fingerprint density at radius 1 is 0.950 bits per heavy atom. The van der Waals surface area contributed by atoms with Crippen LogP contribution in [0.15, 0.2) is 54.6 Å². The first kappa shape index (κ1) is 14.8. The van der Waals surface area contributed by atoms with Gasteiger partial charge in [-0.05, 0) is 32.1 Å². The van der Waals surface area contributed by atoms with Crippen molar-refractivity contribution in [1.82, 2.24) is 4.90 Å². The Bertz CT molecular complexity index is 522. The van der Waals surface area contributed by atoms with E-state index in [-0.39, 0.29) is 6.10 Å². The monoisotopic (exact) mass is 269 g/mol. The zero-order valence-electron chi connectivity index (χ0n) is 12.5. The van der Waals surface area contributed by atoms with Crippen molar-refractivity contribution in [1.29, 1.82) is 0 Å². The molecule has 0 aliphatic heterocycles. The van der Waals surface area contributed by atoms with Crippen LogP contribution in [-0.4, -0.2) is 32.1 Å². The lowest BCUT2D eigenvalue weighted by molar-refractivity contribution is 0.0687. The van der Waals surface area contributed by atoms with Crippen molar-refractivity contribution >= 4 is 0 Å². The summed E-state index contributed by atoms with van der Waals surface area (Å²) in [5.41, 5.74) is 3.69. The van der Waals surface area contributed by atoms with Gasteiger partial charge in [-0.3, -0.25) is 0 Å². The average molecular weight is 269 g/mol. The van der Waals surface area contributed by atoms with E-state index in [1.807, 2.05) is 6.07 Å². The van der Waals surface area contributed by atoms with E-state index in [1.165, 1.54) is 16.7 Å². The van der Waals surface area contributed by atoms with Crippen LogP contribution in [0.3, 0.4) is 0 Å². The van der Waals surface area contributed by atoms with E-state index in [0.717, 1.165) is 13.2 Å². The minimum Gasteiger partial charge on any atom is -0.367 e. The first-order valence-electron chi connectivity index (χ1n) is 7.04. The molecule has 1 atom stereocenters. The Balaban J connectivity index is 2.20. The summed E-state index contributed by atoms with van der Waals surface area (Å²) in [6.07, 6.45) is 0.0102. The van der Waals surface area contributed by atoms with E-state index in [2.05, 4.69) is 74.4 Å². The summed E-state index contributed by atoms with van der Waals surface area (Å²) in [5, 5.41) is 0. The third kappa shape index (κ3) is 4.19. The smallest absolute Gasteiger partial charge is 0.108 e. The van der Waals surface area contributed by atoms with Gasteiger partial charge >= 0.3 is 0 Å². The molecule has 0 unspecified atom stereocenters. The second-order valence-electron chi connectivity index (χ2n) is 5.38. The molecule has 0 amide bonds. The van der Waals surface area contributed by atoms with Gasteiger partial charge < -0.3 is 9.64 Å². The number of ether oxygens (including phenoxy) is 1. The summed E-state index contributed by atoms with van der Waals surface area (Å²) in [6, 6.07) is 19.0. The molecular formula is C18H23NO. The van der Waals surface area contributed by atoms with Crippen LogP contribution in [0.5, 0.6) is 0 Å². The summed E-state index contributed by atoms with van der Waals surface area (Å²) in [4.78, 5) is 2.14. The van der Waals surface area contributed by atoms with Gasteiger partial charge in [-0.15, -0.1) is 0 Å². The van der Waals surface area contributed by atoms with Crippen molar-refractivity contribution in [3.05, 3.63) is 71.3 Å². The summed E-state index contributed by atoms with van der Waals surface area (Å²) >= 11 is 0. The topological polar surface area (TPSA) is 12.5 Å². The van der Waals surface area contributed by atoms with Crippen LogP contribution in [0.2, 0.25) is 0 Å². The standard InChI is InChI=1S/C18H23NO/c1-15-8-7-11-17(14-15)18(20-13-12-19(2)3)16-9-5-4-6-10-16/h4-11,14,18H,12-13H2,1-3H3/t18-/m0/s1. The molecule has 0 heterocycles. The molecule has 0 bridgehead atoms. The van der Waals surface area contributed by atoms with Crippen LogP contribution in [0, 0.1) is 6.92 Å². The minimum atomic E-state index is 0.0102. The van der Waals surface area contributed by atoms with Crippen LogP contribution in [-0.2, 0) is 4.74 Å². The molecular weight excluding hydrogens is 246 g/mol. The SMILES string of the molecule is Cc1cccc([C@@H](OCCN(C)C)c2ccccc2)c1. The third-order valence-corrected chi connectivity index (χ3v) is 3.27. The van der Waals surface area contributed by atoms with Gasteiger partial charge in [0.25, 0.3) is 0 Å². The molecule has 0 spiro atoms. The second kappa shape index (κ2) is 7.22. The average Bonchev–Trinajstić information content (AvgIpc) is 2.44. The lowest BCUT2D eigenvalue weighted by atomic mass is 10.00. The summed E-state index contributed by atoms with van der Waals surface area (Å²) in [6.45, 7) is 3.76. The van der Waals surface area contributed by atoms with Crippen molar-refractivity contribution in [2.45, 2.75) is 13.0 Å². The van der Waals surface area contributed by atoms with Crippen molar-refractivity contribution < 1.29 is 4.74 Å². The quantitative estimate of drug-likeness (QED) is 0.793. The minimum absolute atomic E-state index is 0.0102. The lowest BCUT2D eigenvalue weighted by Crippen LogP contribution is -2.20. The Labute approximate surface area is 122 Å².